The van der Waals surface area contributed by atoms with E-state index in [-0.39, 0.29) is 0 Å². The first-order chi connectivity index (χ1) is 7.24. The average Bonchev–Trinajstić information content (AvgIpc) is 2.65. The van der Waals surface area contributed by atoms with Crippen LogP contribution in [0.4, 0.5) is 0 Å². The zero-order chi connectivity index (χ0) is 10.7. The van der Waals surface area contributed by atoms with Crippen LogP contribution in [0.3, 0.4) is 0 Å². The Balaban J connectivity index is 1.92. The Morgan fingerprint density at radius 3 is 3.00 bits per heavy atom. The number of hydrogen-bond donors (Lipinski definition) is 1. The topological polar surface area (TPSA) is 21.3 Å². The van der Waals surface area contributed by atoms with Crippen molar-refractivity contribution in [2.24, 2.45) is 5.92 Å². The zero-order valence-electron chi connectivity index (χ0n) is 8.30. The van der Waals surface area contributed by atoms with Crippen LogP contribution in [-0.2, 0) is 0 Å². The fraction of sp³-hybridized carbons (Fsp3) is 0.455. The van der Waals surface area contributed by atoms with Gasteiger partial charge in [0.1, 0.15) is 5.75 Å². The second-order valence-electron chi connectivity index (χ2n) is 3.77. The summed E-state index contributed by atoms with van der Waals surface area (Å²) in [5.74, 6) is 1.46. The molecule has 0 amide bonds. The predicted molar refractivity (Wildman–Crippen MR) is 65.6 cm³/mol. The maximum Gasteiger partial charge on any atom is 0.121 e. The Morgan fingerprint density at radius 1 is 1.47 bits per heavy atom. The van der Waals surface area contributed by atoms with Crippen LogP contribution in [-0.4, -0.2) is 19.7 Å². The first-order valence-corrected chi connectivity index (χ1v) is 6.21. The third-order valence-corrected chi connectivity index (χ3v) is 3.16. The Kier molecular flexibility index (Phi) is 3.89. The average molecular weight is 291 g/mol. The van der Waals surface area contributed by atoms with Gasteiger partial charge in [0.15, 0.2) is 0 Å². The number of ether oxygens (including phenoxy) is 1. The highest BCUT2D eigenvalue weighted by molar-refractivity contribution is 9.10. The second-order valence-corrected chi connectivity index (χ2v) is 5.13. The maximum absolute atomic E-state index is 5.92. The molecule has 1 atom stereocenters. The molecule has 1 fully saturated rings. The maximum atomic E-state index is 5.92. The van der Waals surface area contributed by atoms with Gasteiger partial charge in [0, 0.05) is 22.0 Å². The number of hydrogen-bond acceptors (Lipinski definition) is 2. The van der Waals surface area contributed by atoms with E-state index in [1.807, 2.05) is 18.2 Å². The summed E-state index contributed by atoms with van der Waals surface area (Å²) >= 11 is 9.31. The van der Waals surface area contributed by atoms with Gasteiger partial charge in [-0.1, -0.05) is 27.5 Å². The largest absolute Gasteiger partial charge is 0.493 e. The molecular weight excluding hydrogens is 277 g/mol. The van der Waals surface area contributed by atoms with Gasteiger partial charge in [-0.25, -0.2) is 0 Å². The quantitative estimate of drug-likeness (QED) is 0.924. The van der Waals surface area contributed by atoms with Crippen LogP contribution in [0.25, 0.3) is 0 Å². The molecule has 2 nitrogen and oxygen atoms in total. The third-order valence-electron chi connectivity index (χ3n) is 2.48. The molecule has 0 radical (unpaired) electrons. The van der Waals surface area contributed by atoms with Gasteiger partial charge in [0.05, 0.1) is 6.61 Å². The van der Waals surface area contributed by atoms with Gasteiger partial charge >= 0.3 is 0 Å². The molecule has 1 saturated heterocycles. The van der Waals surface area contributed by atoms with E-state index >= 15 is 0 Å². The highest BCUT2D eigenvalue weighted by Crippen LogP contribution is 2.25. The van der Waals surface area contributed by atoms with E-state index in [1.165, 1.54) is 6.42 Å². The van der Waals surface area contributed by atoms with E-state index in [9.17, 15) is 0 Å². The second kappa shape index (κ2) is 5.19. The predicted octanol–water partition coefficient (Wildman–Crippen LogP) is 3.09. The lowest BCUT2D eigenvalue weighted by Crippen LogP contribution is -2.15. The van der Waals surface area contributed by atoms with E-state index < -0.39 is 0 Å². The Bertz CT molecular complexity index is 319. The van der Waals surface area contributed by atoms with Crippen LogP contribution in [0.15, 0.2) is 22.7 Å². The standard InChI is InChI=1S/C11H13BrClNO/c12-9-3-10(13)5-11(4-9)15-7-8-1-2-14-6-8/h3-5,8,14H,1-2,6-7H2/t8-/m1/s1. The van der Waals surface area contributed by atoms with Gasteiger partial charge in [0.2, 0.25) is 0 Å². The minimum atomic E-state index is 0.628. The van der Waals surface area contributed by atoms with Crippen LogP contribution in [0.1, 0.15) is 6.42 Å². The van der Waals surface area contributed by atoms with Crippen molar-refractivity contribution in [3.05, 3.63) is 27.7 Å². The fourth-order valence-corrected chi connectivity index (χ4v) is 2.51. The smallest absolute Gasteiger partial charge is 0.121 e. The number of halogens is 2. The zero-order valence-corrected chi connectivity index (χ0v) is 10.6. The van der Waals surface area contributed by atoms with Gasteiger partial charge < -0.3 is 10.1 Å². The molecule has 0 bridgehead atoms. The monoisotopic (exact) mass is 289 g/mol. The van der Waals surface area contributed by atoms with Crippen molar-refractivity contribution in [2.45, 2.75) is 6.42 Å². The van der Waals surface area contributed by atoms with E-state index in [4.69, 9.17) is 16.3 Å². The van der Waals surface area contributed by atoms with Gasteiger partial charge in [0.25, 0.3) is 0 Å². The molecule has 0 spiro atoms. The molecule has 0 saturated carbocycles. The van der Waals surface area contributed by atoms with Crippen LogP contribution in [0.5, 0.6) is 5.75 Å². The minimum Gasteiger partial charge on any atom is -0.493 e. The van der Waals surface area contributed by atoms with Crippen molar-refractivity contribution in [3.63, 3.8) is 0 Å². The number of nitrogens with one attached hydrogen (secondary N) is 1. The number of rotatable bonds is 3. The Morgan fingerprint density at radius 2 is 2.33 bits per heavy atom. The lowest BCUT2D eigenvalue weighted by molar-refractivity contribution is 0.260. The minimum absolute atomic E-state index is 0.628. The van der Waals surface area contributed by atoms with Crippen LogP contribution >= 0.6 is 27.5 Å². The fourth-order valence-electron chi connectivity index (χ4n) is 1.68. The van der Waals surface area contributed by atoms with Crippen molar-refractivity contribution in [3.8, 4) is 5.75 Å². The summed E-state index contributed by atoms with van der Waals surface area (Å²) in [6.07, 6.45) is 1.20. The van der Waals surface area contributed by atoms with Crippen molar-refractivity contribution >= 4 is 27.5 Å². The Labute approximate surface area is 103 Å². The van der Waals surface area contributed by atoms with Gasteiger partial charge in [-0.05, 0) is 31.2 Å². The lowest BCUT2D eigenvalue weighted by Gasteiger charge is -2.11. The molecule has 0 aliphatic carbocycles. The summed E-state index contributed by atoms with van der Waals surface area (Å²) in [7, 11) is 0. The first-order valence-electron chi connectivity index (χ1n) is 5.03. The summed E-state index contributed by atoms with van der Waals surface area (Å²) in [6.45, 7) is 2.93. The Hall–Kier alpha value is -0.250. The van der Waals surface area contributed by atoms with Crippen LogP contribution < -0.4 is 10.1 Å². The molecular formula is C11H13BrClNO. The van der Waals surface area contributed by atoms with E-state index in [1.54, 1.807) is 0 Å². The SMILES string of the molecule is Clc1cc(Br)cc(OC[C@@H]2CCNC2)c1. The summed E-state index contributed by atoms with van der Waals surface area (Å²) < 4.78 is 6.65. The summed E-state index contributed by atoms with van der Waals surface area (Å²) in [5.41, 5.74) is 0. The molecule has 0 unspecified atom stereocenters. The molecule has 1 heterocycles. The van der Waals surface area contributed by atoms with Crippen molar-refractivity contribution in [2.75, 3.05) is 19.7 Å². The number of benzene rings is 1. The summed E-state index contributed by atoms with van der Waals surface area (Å²) in [6, 6.07) is 5.63. The van der Waals surface area contributed by atoms with Crippen molar-refractivity contribution in [1.29, 1.82) is 0 Å². The van der Waals surface area contributed by atoms with Crippen molar-refractivity contribution < 1.29 is 4.74 Å². The van der Waals surface area contributed by atoms with E-state index in [0.29, 0.717) is 10.9 Å². The van der Waals surface area contributed by atoms with E-state index in [2.05, 4.69) is 21.2 Å². The molecule has 1 aromatic carbocycles. The molecule has 1 aromatic rings. The van der Waals surface area contributed by atoms with Gasteiger partial charge in [-0.15, -0.1) is 0 Å². The molecule has 82 valence electrons. The van der Waals surface area contributed by atoms with Crippen molar-refractivity contribution in [1.82, 2.24) is 5.32 Å². The molecule has 0 aromatic heterocycles. The highest BCUT2D eigenvalue weighted by Gasteiger charge is 2.14. The summed E-state index contributed by atoms with van der Waals surface area (Å²) in [5, 5.41) is 4.01. The normalized spacial score (nSPS) is 20.5. The molecule has 1 N–H and O–H groups in total. The molecule has 1 aliphatic heterocycles. The van der Waals surface area contributed by atoms with E-state index in [0.717, 1.165) is 29.9 Å². The molecule has 1 aliphatic rings. The van der Waals surface area contributed by atoms with Crippen LogP contribution in [0, 0.1) is 5.92 Å². The first kappa shape index (κ1) is 11.2. The molecule has 4 heteroatoms. The third kappa shape index (κ3) is 3.37. The van der Waals surface area contributed by atoms with Gasteiger partial charge in [-0.3, -0.25) is 0 Å². The highest BCUT2D eigenvalue weighted by atomic mass is 79.9. The molecule has 2 rings (SSSR count). The van der Waals surface area contributed by atoms with Gasteiger partial charge in [-0.2, -0.15) is 0 Å². The summed E-state index contributed by atoms with van der Waals surface area (Å²) in [4.78, 5) is 0. The lowest BCUT2D eigenvalue weighted by atomic mass is 10.1. The van der Waals surface area contributed by atoms with Crippen LogP contribution in [0.2, 0.25) is 5.02 Å². The molecule has 15 heavy (non-hydrogen) atoms.